The summed E-state index contributed by atoms with van der Waals surface area (Å²) >= 11 is 2.51. The van der Waals surface area contributed by atoms with Crippen LogP contribution in [0.2, 0.25) is 0 Å². The van der Waals surface area contributed by atoms with Gasteiger partial charge in [-0.3, -0.25) is 4.90 Å². The zero-order valence-corrected chi connectivity index (χ0v) is 16.0. The van der Waals surface area contributed by atoms with Gasteiger partial charge in [-0.2, -0.15) is 5.26 Å². The summed E-state index contributed by atoms with van der Waals surface area (Å²) in [6.45, 7) is 5.68. The number of anilines is 1. The van der Waals surface area contributed by atoms with Gasteiger partial charge in [-0.05, 0) is 62.9 Å². The van der Waals surface area contributed by atoms with Crippen LogP contribution in [0.4, 0.5) is 5.69 Å². The van der Waals surface area contributed by atoms with Crippen molar-refractivity contribution in [2.24, 2.45) is 0 Å². The van der Waals surface area contributed by atoms with Crippen LogP contribution in [0.5, 0.6) is 0 Å². The quantitative estimate of drug-likeness (QED) is 0.533. The molecule has 0 amide bonds. The van der Waals surface area contributed by atoms with E-state index in [1.54, 1.807) is 0 Å². The second kappa shape index (κ2) is 7.85. The SMILES string of the molecule is N#CCC1(I)CCN(Cc2ccc(N3CCCCC3)cc2)CC1. The third kappa shape index (κ3) is 4.60. The van der Waals surface area contributed by atoms with Crippen LogP contribution in [0.15, 0.2) is 24.3 Å². The highest BCUT2D eigenvalue weighted by Crippen LogP contribution is 2.35. The van der Waals surface area contributed by atoms with Gasteiger partial charge < -0.3 is 4.90 Å². The number of benzene rings is 1. The summed E-state index contributed by atoms with van der Waals surface area (Å²) in [7, 11) is 0. The molecule has 2 aliphatic heterocycles. The van der Waals surface area contributed by atoms with E-state index in [4.69, 9.17) is 5.26 Å². The Morgan fingerprint density at radius 3 is 2.26 bits per heavy atom. The number of hydrogen-bond acceptors (Lipinski definition) is 3. The molecule has 0 spiro atoms. The predicted octanol–water partition coefficient (Wildman–Crippen LogP) is 4.36. The van der Waals surface area contributed by atoms with Crippen molar-refractivity contribution in [1.82, 2.24) is 4.90 Å². The first-order chi connectivity index (χ1) is 11.2. The molecule has 4 heteroatoms. The monoisotopic (exact) mass is 423 g/mol. The third-order valence-electron chi connectivity index (χ3n) is 5.21. The van der Waals surface area contributed by atoms with Crippen LogP contribution >= 0.6 is 22.6 Å². The van der Waals surface area contributed by atoms with Crippen molar-refractivity contribution in [1.29, 1.82) is 5.26 Å². The maximum absolute atomic E-state index is 8.95. The summed E-state index contributed by atoms with van der Waals surface area (Å²) in [5.74, 6) is 0. The molecule has 0 atom stereocenters. The minimum atomic E-state index is 0.209. The van der Waals surface area contributed by atoms with Crippen LogP contribution in [-0.4, -0.2) is 34.5 Å². The minimum absolute atomic E-state index is 0.209. The molecule has 0 aliphatic carbocycles. The summed E-state index contributed by atoms with van der Waals surface area (Å²) in [5, 5.41) is 8.95. The van der Waals surface area contributed by atoms with E-state index in [0.717, 1.165) is 32.5 Å². The summed E-state index contributed by atoms with van der Waals surface area (Å²) in [4.78, 5) is 5.05. The molecule has 2 saturated heterocycles. The molecule has 2 aliphatic rings. The molecule has 1 aromatic carbocycles. The number of rotatable bonds is 4. The highest BCUT2D eigenvalue weighted by atomic mass is 127. The molecule has 0 saturated carbocycles. The Bertz CT molecular complexity index is 535. The van der Waals surface area contributed by atoms with Gasteiger partial charge in [-0.25, -0.2) is 0 Å². The second-order valence-electron chi connectivity index (χ2n) is 6.98. The van der Waals surface area contributed by atoms with Gasteiger partial charge in [0.25, 0.3) is 0 Å². The van der Waals surface area contributed by atoms with E-state index < -0.39 is 0 Å². The fourth-order valence-corrected chi connectivity index (χ4v) is 4.31. The normalized spacial score (nSPS) is 21.8. The van der Waals surface area contributed by atoms with E-state index in [9.17, 15) is 0 Å². The van der Waals surface area contributed by atoms with Crippen molar-refractivity contribution in [3.05, 3.63) is 29.8 Å². The largest absolute Gasteiger partial charge is 0.372 e. The highest BCUT2D eigenvalue weighted by molar-refractivity contribution is 14.1. The zero-order chi connectivity index (χ0) is 16.1. The van der Waals surface area contributed by atoms with Crippen molar-refractivity contribution < 1.29 is 0 Å². The van der Waals surface area contributed by atoms with E-state index in [1.165, 1.54) is 43.6 Å². The van der Waals surface area contributed by atoms with Crippen molar-refractivity contribution in [3.63, 3.8) is 0 Å². The van der Waals surface area contributed by atoms with Crippen molar-refractivity contribution in [2.45, 2.75) is 48.5 Å². The molecule has 3 rings (SSSR count). The van der Waals surface area contributed by atoms with Gasteiger partial charge >= 0.3 is 0 Å². The molecule has 23 heavy (non-hydrogen) atoms. The first kappa shape index (κ1) is 17.0. The fraction of sp³-hybridized carbons (Fsp3) is 0.632. The van der Waals surface area contributed by atoms with Crippen molar-refractivity contribution in [2.75, 3.05) is 31.1 Å². The van der Waals surface area contributed by atoms with Crippen LogP contribution in [0, 0.1) is 11.3 Å². The van der Waals surface area contributed by atoms with E-state index >= 15 is 0 Å². The predicted molar refractivity (Wildman–Crippen MR) is 104 cm³/mol. The number of alkyl halides is 1. The van der Waals surface area contributed by atoms with Crippen molar-refractivity contribution >= 4 is 28.3 Å². The van der Waals surface area contributed by atoms with Crippen LogP contribution < -0.4 is 4.90 Å². The maximum atomic E-state index is 8.95. The summed E-state index contributed by atoms with van der Waals surface area (Å²) in [6.07, 6.45) is 6.99. The Morgan fingerprint density at radius 1 is 1.00 bits per heavy atom. The Morgan fingerprint density at radius 2 is 1.65 bits per heavy atom. The fourth-order valence-electron chi connectivity index (χ4n) is 3.65. The standard InChI is InChI=1S/C19H26IN3/c20-19(8-11-21)9-14-22(15-10-19)16-17-4-6-18(7-5-17)23-12-2-1-3-13-23/h4-7H,1-3,8-10,12-16H2. The van der Waals surface area contributed by atoms with Gasteiger partial charge in [0, 0.05) is 35.2 Å². The molecular weight excluding hydrogens is 397 g/mol. The van der Waals surface area contributed by atoms with Gasteiger partial charge in [0.05, 0.1) is 6.07 Å². The molecule has 0 radical (unpaired) electrons. The molecule has 1 aromatic rings. The van der Waals surface area contributed by atoms with Crippen LogP contribution in [0.3, 0.4) is 0 Å². The molecule has 3 nitrogen and oxygen atoms in total. The summed E-state index contributed by atoms with van der Waals surface area (Å²) < 4.78 is 0.209. The third-order valence-corrected chi connectivity index (χ3v) is 6.67. The second-order valence-corrected chi connectivity index (χ2v) is 9.26. The van der Waals surface area contributed by atoms with Gasteiger partial charge in [0.15, 0.2) is 0 Å². The van der Waals surface area contributed by atoms with Gasteiger partial charge in [0.1, 0.15) is 0 Å². The maximum Gasteiger partial charge on any atom is 0.0635 e. The first-order valence-electron chi connectivity index (χ1n) is 8.81. The van der Waals surface area contributed by atoms with Crippen molar-refractivity contribution in [3.8, 4) is 6.07 Å². The topological polar surface area (TPSA) is 30.3 Å². The molecule has 0 unspecified atom stereocenters. The lowest BCUT2D eigenvalue weighted by Gasteiger charge is -2.36. The lowest BCUT2D eigenvalue weighted by Crippen LogP contribution is -2.40. The number of halogens is 1. The Hall–Kier alpha value is -0.800. The van der Waals surface area contributed by atoms with E-state index in [0.29, 0.717) is 6.42 Å². The Kier molecular flexibility index (Phi) is 5.81. The van der Waals surface area contributed by atoms with Gasteiger partial charge in [-0.15, -0.1) is 0 Å². The van der Waals surface area contributed by atoms with E-state index in [1.807, 2.05) is 0 Å². The van der Waals surface area contributed by atoms with Crippen LogP contribution in [0.1, 0.15) is 44.1 Å². The van der Waals surface area contributed by atoms with E-state index in [-0.39, 0.29) is 3.42 Å². The summed E-state index contributed by atoms with van der Waals surface area (Å²) in [5.41, 5.74) is 2.79. The zero-order valence-electron chi connectivity index (χ0n) is 13.8. The molecule has 0 N–H and O–H groups in total. The lowest BCUT2D eigenvalue weighted by molar-refractivity contribution is 0.199. The lowest BCUT2D eigenvalue weighted by atomic mass is 9.94. The molecular formula is C19H26IN3. The number of nitrogens with zero attached hydrogens (tertiary/aromatic N) is 3. The Balaban J connectivity index is 1.52. The highest BCUT2D eigenvalue weighted by Gasteiger charge is 2.31. The molecule has 124 valence electrons. The average Bonchev–Trinajstić information content (AvgIpc) is 2.59. The average molecular weight is 423 g/mol. The van der Waals surface area contributed by atoms with E-state index in [2.05, 4.69) is 62.7 Å². The number of likely N-dealkylation sites (tertiary alicyclic amines) is 1. The number of hydrogen-bond donors (Lipinski definition) is 0. The summed E-state index contributed by atoms with van der Waals surface area (Å²) in [6, 6.07) is 11.5. The van der Waals surface area contributed by atoms with Crippen LogP contribution in [0.25, 0.3) is 0 Å². The number of nitriles is 1. The number of piperidine rings is 2. The molecule has 0 bridgehead atoms. The smallest absolute Gasteiger partial charge is 0.0635 e. The van der Waals surface area contributed by atoms with Crippen LogP contribution in [-0.2, 0) is 6.54 Å². The molecule has 2 heterocycles. The molecule has 2 fully saturated rings. The Labute approximate surface area is 153 Å². The first-order valence-corrected chi connectivity index (χ1v) is 9.89. The minimum Gasteiger partial charge on any atom is -0.372 e. The van der Waals surface area contributed by atoms with Gasteiger partial charge in [0.2, 0.25) is 0 Å². The van der Waals surface area contributed by atoms with Gasteiger partial charge in [-0.1, -0.05) is 34.7 Å². The molecule has 0 aromatic heterocycles.